The highest BCUT2D eigenvalue weighted by atomic mass is 16.5. The highest BCUT2D eigenvalue weighted by molar-refractivity contribution is 6.00. The van der Waals surface area contributed by atoms with Crippen molar-refractivity contribution in [2.24, 2.45) is 5.73 Å². The van der Waals surface area contributed by atoms with Crippen LogP contribution in [-0.2, 0) is 0 Å². The summed E-state index contributed by atoms with van der Waals surface area (Å²) in [7, 11) is 1.63. The molecule has 0 saturated carbocycles. The minimum absolute atomic E-state index is 0.0898. The van der Waals surface area contributed by atoms with Gasteiger partial charge in [-0.1, -0.05) is 18.2 Å². The maximum Gasteiger partial charge on any atom is 0.253 e. The first kappa shape index (κ1) is 16.8. The van der Waals surface area contributed by atoms with E-state index in [0.717, 1.165) is 30.0 Å². The summed E-state index contributed by atoms with van der Waals surface area (Å²) in [5, 5.41) is 6.19. The fourth-order valence-corrected chi connectivity index (χ4v) is 2.21. The molecule has 0 spiro atoms. The van der Waals surface area contributed by atoms with Crippen molar-refractivity contribution in [3.05, 3.63) is 54.1 Å². The third-order valence-electron chi connectivity index (χ3n) is 3.44. The van der Waals surface area contributed by atoms with Gasteiger partial charge < -0.3 is 21.1 Å². The molecule has 4 N–H and O–H groups in total. The van der Waals surface area contributed by atoms with E-state index in [1.54, 1.807) is 13.2 Å². The Labute approximate surface area is 136 Å². The summed E-state index contributed by atoms with van der Waals surface area (Å²) < 4.78 is 5.22. The lowest BCUT2D eigenvalue weighted by Crippen LogP contribution is -2.25. The Bertz CT molecular complexity index is 644. The average Bonchev–Trinajstić information content (AvgIpc) is 2.59. The second-order valence-electron chi connectivity index (χ2n) is 5.15. The van der Waals surface area contributed by atoms with E-state index in [9.17, 15) is 4.79 Å². The zero-order valence-corrected chi connectivity index (χ0v) is 13.3. The molecule has 0 aliphatic rings. The van der Waals surface area contributed by atoms with E-state index in [2.05, 4.69) is 10.6 Å². The van der Waals surface area contributed by atoms with Crippen LogP contribution in [0.5, 0.6) is 5.75 Å². The number of ether oxygens (including phenoxy) is 1. The monoisotopic (exact) mass is 313 g/mol. The first-order chi connectivity index (χ1) is 11.2. The summed E-state index contributed by atoms with van der Waals surface area (Å²) in [5.74, 6) is 0.673. The Hall–Kier alpha value is -2.53. The molecule has 0 radical (unpaired) electrons. The van der Waals surface area contributed by atoms with Gasteiger partial charge in [-0.3, -0.25) is 4.79 Å². The number of anilines is 2. The number of unbranched alkanes of at least 4 members (excludes halogenated alkanes) is 1. The molecular formula is C18H23N3O2. The number of benzene rings is 2. The van der Waals surface area contributed by atoms with Crippen molar-refractivity contribution >= 4 is 17.3 Å². The van der Waals surface area contributed by atoms with Crippen molar-refractivity contribution < 1.29 is 9.53 Å². The zero-order valence-electron chi connectivity index (χ0n) is 13.3. The third-order valence-corrected chi connectivity index (χ3v) is 3.44. The van der Waals surface area contributed by atoms with Crippen molar-refractivity contribution in [2.75, 3.05) is 25.5 Å². The molecule has 5 nitrogen and oxygen atoms in total. The lowest BCUT2D eigenvalue weighted by atomic mass is 10.1. The number of carbonyl (C=O) groups excluding carboxylic acids is 1. The number of nitrogens with two attached hydrogens (primary N) is 1. The summed E-state index contributed by atoms with van der Waals surface area (Å²) in [5.41, 5.74) is 7.70. The molecule has 122 valence electrons. The SMILES string of the molecule is COc1cccc(Nc2ccccc2C(=O)NCCCCN)c1. The topological polar surface area (TPSA) is 76.4 Å². The van der Waals surface area contributed by atoms with Gasteiger partial charge >= 0.3 is 0 Å². The van der Waals surface area contributed by atoms with Gasteiger partial charge in [0.2, 0.25) is 0 Å². The number of carbonyl (C=O) groups is 1. The number of amides is 1. The Kier molecular flexibility index (Phi) is 6.44. The smallest absolute Gasteiger partial charge is 0.253 e. The van der Waals surface area contributed by atoms with Crippen LogP contribution in [0.4, 0.5) is 11.4 Å². The molecule has 23 heavy (non-hydrogen) atoms. The van der Waals surface area contributed by atoms with Crippen LogP contribution < -0.4 is 21.1 Å². The third kappa shape index (κ3) is 5.00. The average molecular weight is 313 g/mol. The standard InChI is InChI=1S/C18H23N3O2/c1-23-15-8-6-7-14(13-15)21-17-10-3-2-9-16(17)18(22)20-12-5-4-11-19/h2-3,6-10,13,21H,4-5,11-12,19H2,1H3,(H,20,22). The van der Waals surface area contributed by atoms with Crippen LogP contribution in [0.3, 0.4) is 0 Å². The van der Waals surface area contributed by atoms with Gasteiger partial charge in [0, 0.05) is 18.3 Å². The number of hydrogen-bond acceptors (Lipinski definition) is 4. The van der Waals surface area contributed by atoms with Gasteiger partial charge in [-0.2, -0.15) is 0 Å². The fraction of sp³-hybridized carbons (Fsp3) is 0.278. The second kappa shape index (κ2) is 8.80. The molecule has 0 saturated heterocycles. The number of hydrogen-bond donors (Lipinski definition) is 3. The first-order valence-corrected chi connectivity index (χ1v) is 7.73. The first-order valence-electron chi connectivity index (χ1n) is 7.73. The highest BCUT2D eigenvalue weighted by Gasteiger charge is 2.10. The van der Waals surface area contributed by atoms with Crippen LogP contribution in [0.15, 0.2) is 48.5 Å². The quantitative estimate of drug-likeness (QED) is 0.655. The number of para-hydroxylation sites is 1. The Morgan fingerprint density at radius 1 is 1.13 bits per heavy atom. The van der Waals surface area contributed by atoms with Crippen molar-refractivity contribution in [1.29, 1.82) is 0 Å². The van der Waals surface area contributed by atoms with Crippen molar-refractivity contribution in [3.8, 4) is 5.75 Å². The number of rotatable bonds is 8. The van der Waals surface area contributed by atoms with E-state index >= 15 is 0 Å². The van der Waals surface area contributed by atoms with E-state index in [0.29, 0.717) is 18.7 Å². The van der Waals surface area contributed by atoms with Gasteiger partial charge in [-0.15, -0.1) is 0 Å². The Morgan fingerprint density at radius 3 is 2.74 bits per heavy atom. The van der Waals surface area contributed by atoms with Crippen LogP contribution in [0.1, 0.15) is 23.2 Å². The minimum atomic E-state index is -0.0898. The molecule has 0 aliphatic carbocycles. The van der Waals surface area contributed by atoms with Crippen LogP contribution in [-0.4, -0.2) is 26.1 Å². The Balaban J connectivity index is 2.08. The second-order valence-corrected chi connectivity index (χ2v) is 5.15. The highest BCUT2D eigenvalue weighted by Crippen LogP contribution is 2.23. The van der Waals surface area contributed by atoms with E-state index in [1.807, 2.05) is 42.5 Å². The van der Waals surface area contributed by atoms with Gasteiger partial charge in [0.15, 0.2) is 0 Å². The van der Waals surface area contributed by atoms with Crippen molar-refractivity contribution in [3.63, 3.8) is 0 Å². The predicted molar refractivity (Wildman–Crippen MR) is 93.3 cm³/mol. The lowest BCUT2D eigenvalue weighted by molar-refractivity contribution is 0.0954. The lowest BCUT2D eigenvalue weighted by Gasteiger charge is -2.13. The van der Waals surface area contributed by atoms with Crippen LogP contribution in [0.25, 0.3) is 0 Å². The Morgan fingerprint density at radius 2 is 1.96 bits per heavy atom. The molecule has 0 heterocycles. The molecule has 2 rings (SSSR count). The number of methoxy groups -OCH3 is 1. The summed E-state index contributed by atoms with van der Waals surface area (Å²) >= 11 is 0. The summed E-state index contributed by atoms with van der Waals surface area (Å²) in [6.07, 6.45) is 1.79. The van der Waals surface area contributed by atoms with Crippen molar-refractivity contribution in [1.82, 2.24) is 5.32 Å². The van der Waals surface area contributed by atoms with Crippen molar-refractivity contribution in [2.45, 2.75) is 12.8 Å². The van der Waals surface area contributed by atoms with E-state index < -0.39 is 0 Å². The normalized spacial score (nSPS) is 10.2. The van der Waals surface area contributed by atoms with Gasteiger partial charge in [-0.05, 0) is 43.7 Å². The van der Waals surface area contributed by atoms with E-state index in [4.69, 9.17) is 10.5 Å². The molecule has 0 aliphatic heterocycles. The summed E-state index contributed by atoms with van der Waals surface area (Å²) in [6.45, 7) is 1.27. The minimum Gasteiger partial charge on any atom is -0.497 e. The van der Waals surface area contributed by atoms with Crippen LogP contribution in [0, 0.1) is 0 Å². The van der Waals surface area contributed by atoms with E-state index in [-0.39, 0.29) is 5.91 Å². The maximum atomic E-state index is 12.3. The number of nitrogens with one attached hydrogen (secondary N) is 2. The molecule has 0 fully saturated rings. The van der Waals surface area contributed by atoms with Gasteiger partial charge in [0.05, 0.1) is 18.4 Å². The molecule has 0 bridgehead atoms. The maximum absolute atomic E-state index is 12.3. The van der Waals surface area contributed by atoms with Gasteiger partial charge in [0.1, 0.15) is 5.75 Å². The van der Waals surface area contributed by atoms with Crippen LogP contribution in [0.2, 0.25) is 0 Å². The molecule has 5 heteroatoms. The predicted octanol–water partition coefficient (Wildman–Crippen LogP) is 2.91. The zero-order chi connectivity index (χ0) is 16.5. The molecule has 1 amide bonds. The molecular weight excluding hydrogens is 290 g/mol. The summed E-state index contributed by atoms with van der Waals surface area (Å²) in [6, 6.07) is 15.0. The molecule has 0 aromatic heterocycles. The molecule has 0 atom stereocenters. The molecule has 0 unspecified atom stereocenters. The van der Waals surface area contributed by atoms with Gasteiger partial charge in [-0.25, -0.2) is 0 Å². The van der Waals surface area contributed by atoms with Gasteiger partial charge in [0.25, 0.3) is 5.91 Å². The largest absolute Gasteiger partial charge is 0.497 e. The molecule has 2 aromatic carbocycles. The van der Waals surface area contributed by atoms with Crippen LogP contribution >= 0.6 is 0 Å². The fourth-order valence-electron chi connectivity index (χ4n) is 2.21. The van der Waals surface area contributed by atoms with E-state index in [1.165, 1.54) is 0 Å². The molecule has 2 aromatic rings. The summed E-state index contributed by atoms with van der Waals surface area (Å²) in [4.78, 5) is 12.3.